The van der Waals surface area contributed by atoms with E-state index in [-0.39, 0.29) is 0 Å². The lowest BCUT2D eigenvalue weighted by atomic mass is 9.93. The third-order valence-electron chi connectivity index (χ3n) is 6.39. The van der Waals surface area contributed by atoms with Crippen molar-refractivity contribution < 1.29 is 0 Å². The second-order valence-electron chi connectivity index (χ2n) is 8.25. The van der Waals surface area contributed by atoms with Crippen LogP contribution in [-0.2, 0) is 0 Å². The summed E-state index contributed by atoms with van der Waals surface area (Å²) in [6.07, 6.45) is 0. The van der Waals surface area contributed by atoms with Crippen LogP contribution in [0.3, 0.4) is 0 Å². The molecule has 0 atom stereocenters. The Labute approximate surface area is 185 Å². The zero-order valence-corrected chi connectivity index (χ0v) is 17.3. The molecular formula is C30H18N2. The van der Waals surface area contributed by atoms with Crippen molar-refractivity contribution in [1.29, 1.82) is 0 Å². The lowest BCUT2D eigenvalue weighted by Crippen LogP contribution is -1.94. The Kier molecular flexibility index (Phi) is 3.58. The second-order valence-corrected chi connectivity index (χ2v) is 8.25. The highest BCUT2D eigenvalue weighted by Gasteiger charge is 2.25. The molecule has 0 radical (unpaired) electrons. The Morgan fingerprint density at radius 2 is 0.875 bits per heavy atom. The molecule has 1 aliphatic carbocycles. The standard InChI is InChI=1S/C30H18N2/c1-3-9-19(10-4-1)24-17-26-27(18-25(24)20-11-5-2-6-12-20)32-30-23-16-8-14-21-13-7-15-22(28(21)23)29(30)31-26/h1-18H. The van der Waals surface area contributed by atoms with Crippen LogP contribution in [0.1, 0.15) is 0 Å². The van der Waals surface area contributed by atoms with E-state index in [0.29, 0.717) is 0 Å². The van der Waals surface area contributed by atoms with Crippen molar-refractivity contribution in [2.75, 3.05) is 0 Å². The molecule has 0 saturated carbocycles. The minimum absolute atomic E-state index is 0.923. The Morgan fingerprint density at radius 3 is 1.34 bits per heavy atom. The van der Waals surface area contributed by atoms with Crippen molar-refractivity contribution in [2.45, 2.75) is 0 Å². The minimum atomic E-state index is 0.923. The Bertz CT molecular complexity index is 1530. The number of nitrogens with zero attached hydrogens (tertiary/aromatic N) is 2. The quantitative estimate of drug-likeness (QED) is 0.293. The molecule has 0 aliphatic heterocycles. The van der Waals surface area contributed by atoms with E-state index in [4.69, 9.17) is 9.97 Å². The van der Waals surface area contributed by atoms with Crippen molar-refractivity contribution in [3.8, 4) is 44.8 Å². The van der Waals surface area contributed by atoms with Crippen molar-refractivity contribution in [3.63, 3.8) is 0 Å². The molecular weight excluding hydrogens is 388 g/mol. The minimum Gasteiger partial charge on any atom is -0.244 e. The summed E-state index contributed by atoms with van der Waals surface area (Å²) in [5.74, 6) is 0. The van der Waals surface area contributed by atoms with Gasteiger partial charge in [-0.25, -0.2) is 9.97 Å². The maximum absolute atomic E-state index is 5.15. The number of aromatic nitrogens is 2. The fourth-order valence-electron chi connectivity index (χ4n) is 4.93. The van der Waals surface area contributed by atoms with E-state index in [0.717, 1.165) is 22.4 Å². The van der Waals surface area contributed by atoms with Crippen molar-refractivity contribution in [2.24, 2.45) is 0 Å². The van der Waals surface area contributed by atoms with Crippen LogP contribution in [0.2, 0.25) is 0 Å². The summed E-state index contributed by atoms with van der Waals surface area (Å²) in [4.78, 5) is 10.3. The van der Waals surface area contributed by atoms with Gasteiger partial charge in [-0.15, -0.1) is 0 Å². The fourth-order valence-corrected chi connectivity index (χ4v) is 4.93. The second kappa shape index (κ2) is 6.60. The van der Waals surface area contributed by atoms with Gasteiger partial charge in [-0.2, -0.15) is 0 Å². The average molecular weight is 406 g/mol. The molecule has 2 nitrogen and oxygen atoms in total. The first kappa shape index (κ1) is 17.4. The van der Waals surface area contributed by atoms with Gasteiger partial charge in [-0.3, -0.25) is 0 Å². The van der Waals surface area contributed by atoms with Crippen LogP contribution in [-0.4, -0.2) is 9.97 Å². The highest BCUT2D eigenvalue weighted by atomic mass is 14.8. The maximum atomic E-state index is 5.15. The summed E-state index contributed by atoms with van der Waals surface area (Å²) in [7, 11) is 0. The normalized spacial score (nSPS) is 11.8. The summed E-state index contributed by atoms with van der Waals surface area (Å²) in [5.41, 5.74) is 10.9. The molecule has 1 heterocycles. The van der Waals surface area contributed by atoms with Gasteiger partial charge in [0.2, 0.25) is 0 Å². The summed E-state index contributed by atoms with van der Waals surface area (Å²) in [6.45, 7) is 0. The fraction of sp³-hybridized carbons (Fsp3) is 0. The van der Waals surface area contributed by atoms with Crippen LogP contribution in [0, 0.1) is 0 Å². The van der Waals surface area contributed by atoms with Gasteiger partial charge in [0, 0.05) is 16.5 Å². The highest BCUT2D eigenvalue weighted by Crippen LogP contribution is 2.46. The van der Waals surface area contributed by atoms with Crippen LogP contribution < -0.4 is 0 Å². The molecule has 6 aromatic rings. The molecule has 5 aromatic carbocycles. The number of hydrogen-bond acceptors (Lipinski definition) is 2. The topological polar surface area (TPSA) is 25.8 Å². The van der Waals surface area contributed by atoms with Gasteiger partial charge < -0.3 is 0 Å². The molecule has 32 heavy (non-hydrogen) atoms. The van der Waals surface area contributed by atoms with E-state index >= 15 is 0 Å². The molecule has 0 N–H and O–H groups in total. The molecule has 1 aliphatic rings. The van der Waals surface area contributed by atoms with Crippen molar-refractivity contribution >= 4 is 21.8 Å². The molecule has 0 saturated heterocycles. The van der Waals surface area contributed by atoms with Gasteiger partial charge in [-0.05, 0) is 39.8 Å². The number of hydrogen-bond donors (Lipinski definition) is 0. The zero-order chi connectivity index (χ0) is 21.1. The molecule has 2 heteroatoms. The van der Waals surface area contributed by atoms with Gasteiger partial charge in [0.05, 0.1) is 22.4 Å². The van der Waals surface area contributed by atoms with Crippen molar-refractivity contribution in [1.82, 2.24) is 9.97 Å². The average Bonchev–Trinajstić information content (AvgIpc) is 3.18. The monoisotopic (exact) mass is 406 g/mol. The van der Waals surface area contributed by atoms with Crippen LogP contribution in [0.5, 0.6) is 0 Å². The Morgan fingerprint density at radius 1 is 0.406 bits per heavy atom. The predicted octanol–water partition coefficient (Wildman–Crippen LogP) is 7.76. The van der Waals surface area contributed by atoms with Crippen LogP contribution in [0.25, 0.3) is 66.6 Å². The lowest BCUT2D eigenvalue weighted by Gasteiger charge is -2.13. The predicted molar refractivity (Wildman–Crippen MR) is 132 cm³/mol. The molecule has 148 valence electrons. The molecule has 7 rings (SSSR count). The van der Waals surface area contributed by atoms with E-state index in [2.05, 4.69) is 109 Å². The number of fused-ring (bicyclic) bond motifs is 4. The third-order valence-corrected chi connectivity index (χ3v) is 6.39. The van der Waals surface area contributed by atoms with E-state index < -0.39 is 0 Å². The van der Waals surface area contributed by atoms with E-state index in [1.807, 2.05) is 0 Å². The summed E-state index contributed by atoms with van der Waals surface area (Å²) >= 11 is 0. The molecule has 0 unspecified atom stereocenters. The Hall–Kier alpha value is -4.30. The zero-order valence-electron chi connectivity index (χ0n) is 17.3. The Balaban J connectivity index is 1.56. The highest BCUT2D eigenvalue weighted by molar-refractivity contribution is 6.14. The summed E-state index contributed by atoms with van der Waals surface area (Å²) in [6, 6.07) is 38.3. The van der Waals surface area contributed by atoms with Crippen LogP contribution in [0.15, 0.2) is 109 Å². The summed E-state index contributed by atoms with van der Waals surface area (Å²) < 4.78 is 0. The van der Waals surface area contributed by atoms with Crippen molar-refractivity contribution in [3.05, 3.63) is 109 Å². The van der Waals surface area contributed by atoms with Gasteiger partial charge in [0.1, 0.15) is 0 Å². The first-order chi connectivity index (χ1) is 15.9. The summed E-state index contributed by atoms with van der Waals surface area (Å²) in [5, 5.41) is 2.49. The smallest absolute Gasteiger partial charge is 0.0979 e. The molecule has 0 spiro atoms. The van der Waals surface area contributed by atoms with Crippen LogP contribution in [0.4, 0.5) is 0 Å². The third kappa shape index (κ3) is 2.47. The lowest BCUT2D eigenvalue weighted by molar-refractivity contribution is 1.32. The van der Waals surface area contributed by atoms with E-state index in [1.54, 1.807) is 0 Å². The maximum Gasteiger partial charge on any atom is 0.0979 e. The van der Waals surface area contributed by atoms with Gasteiger partial charge in [0.25, 0.3) is 0 Å². The molecule has 0 fully saturated rings. The molecule has 1 aromatic heterocycles. The SMILES string of the molecule is c1ccc(-c2cc3nc4c(nc3cc2-c2ccccc2)-c2cccc3cccc-4c23)cc1. The van der Waals surface area contributed by atoms with Gasteiger partial charge in [-0.1, -0.05) is 97.1 Å². The van der Waals surface area contributed by atoms with Gasteiger partial charge in [0.15, 0.2) is 0 Å². The largest absolute Gasteiger partial charge is 0.244 e. The first-order valence-electron chi connectivity index (χ1n) is 10.9. The van der Waals surface area contributed by atoms with E-state index in [1.165, 1.54) is 44.2 Å². The van der Waals surface area contributed by atoms with E-state index in [9.17, 15) is 0 Å². The molecule has 0 amide bonds. The number of rotatable bonds is 2. The number of benzene rings is 5. The van der Waals surface area contributed by atoms with Gasteiger partial charge >= 0.3 is 0 Å². The molecule has 0 bridgehead atoms. The first-order valence-corrected chi connectivity index (χ1v) is 10.9. The van der Waals surface area contributed by atoms with Crippen LogP contribution >= 0.6 is 0 Å².